The second-order valence-electron chi connectivity index (χ2n) is 3.79. The van der Waals surface area contributed by atoms with Crippen molar-refractivity contribution in [1.82, 2.24) is 19.9 Å². The van der Waals surface area contributed by atoms with Gasteiger partial charge >= 0.3 is 11.7 Å². The van der Waals surface area contributed by atoms with Crippen LogP contribution in [0.1, 0.15) is 5.69 Å². The van der Waals surface area contributed by atoms with Gasteiger partial charge in [-0.3, -0.25) is 9.78 Å². The molecule has 0 aliphatic heterocycles. The van der Waals surface area contributed by atoms with Gasteiger partial charge in [0.25, 0.3) is 5.56 Å². The van der Waals surface area contributed by atoms with Crippen LogP contribution < -0.4 is 16.6 Å². The summed E-state index contributed by atoms with van der Waals surface area (Å²) in [6, 6.07) is -1.03. The number of rotatable bonds is 5. The van der Waals surface area contributed by atoms with Gasteiger partial charge < -0.3 is 20.4 Å². The van der Waals surface area contributed by atoms with Crippen molar-refractivity contribution in [3.05, 3.63) is 45.3 Å². The molecule has 1 atom stereocenters. The monoisotopic (exact) mass is 265 g/mol. The SMILES string of the molecule is O=C(O)[C@H](Cc1c[nH]cn1)Nc1c[nH]c(=O)[nH]c1=O. The zero-order valence-electron chi connectivity index (χ0n) is 9.64. The van der Waals surface area contributed by atoms with Gasteiger partial charge in [0.2, 0.25) is 0 Å². The van der Waals surface area contributed by atoms with Crippen LogP contribution in [0.3, 0.4) is 0 Å². The molecule has 19 heavy (non-hydrogen) atoms. The molecule has 0 unspecified atom stereocenters. The first-order valence-electron chi connectivity index (χ1n) is 5.35. The lowest BCUT2D eigenvalue weighted by Crippen LogP contribution is -2.35. The summed E-state index contributed by atoms with van der Waals surface area (Å²) < 4.78 is 0. The highest BCUT2D eigenvalue weighted by Gasteiger charge is 2.20. The van der Waals surface area contributed by atoms with Crippen LogP contribution in [-0.4, -0.2) is 37.1 Å². The fourth-order valence-corrected chi connectivity index (χ4v) is 1.52. The molecule has 0 fully saturated rings. The van der Waals surface area contributed by atoms with E-state index in [1.165, 1.54) is 6.33 Å². The largest absolute Gasteiger partial charge is 0.480 e. The van der Waals surface area contributed by atoms with Crippen LogP contribution in [0.4, 0.5) is 5.69 Å². The molecule has 0 radical (unpaired) electrons. The van der Waals surface area contributed by atoms with Crippen LogP contribution in [0.2, 0.25) is 0 Å². The lowest BCUT2D eigenvalue weighted by Gasteiger charge is -2.13. The zero-order chi connectivity index (χ0) is 13.8. The summed E-state index contributed by atoms with van der Waals surface area (Å²) in [6.45, 7) is 0. The summed E-state index contributed by atoms with van der Waals surface area (Å²) >= 11 is 0. The predicted molar refractivity (Wildman–Crippen MR) is 65.0 cm³/mol. The zero-order valence-corrected chi connectivity index (χ0v) is 9.64. The van der Waals surface area contributed by atoms with E-state index < -0.39 is 23.3 Å². The van der Waals surface area contributed by atoms with Gasteiger partial charge in [-0.1, -0.05) is 0 Å². The topological polar surface area (TPSA) is 144 Å². The minimum absolute atomic E-state index is 0.0254. The van der Waals surface area contributed by atoms with Crippen LogP contribution in [0.5, 0.6) is 0 Å². The number of carbonyl (C=O) groups is 1. The van der Waals surface area contributed by atoms with Crippen molar-refractivity contribution in [2.45, 2.75) is 12.5 Å². The van der Waals surface area contributed by atoms with E-state index in [0.29, 0.717) is 5.69 Å². The minimum Gasteiger partial charge on any atom is -0.480 e. The van der Waals surface area contributed by atoms with Crippen LogP contribution in [0, 0.1) is 0 Å². The molecule has 0 saturated carbocycles. The third-order valence-corrected chi connectivity index (χ3v) is 2.42. The number of carboxylic acids is 1. The molecule has 2 rings (SSSR count). The van der Waals surface area contributed by atoms with Gasteiger partial charge in [0.05, 0.1) is 12.0 Å². The second kappa shape index (κ2) is 5.21. The highest BCUT2D eigenvalue weighted by Crippen LogP contribution is 2.04. The molecule has 0 spiro atoms. The lowest BCUT2D eigenvalue weighted by atomic mass is 10.1. The number of imidazole rings is 1. The summed E-state index contributed by atoms with van der Waals surface area (Å²) in [4.78, 5) is 44.3. The van der Waals surface area contributed by atoms with E-state index in [0.717, 1.165) is 6.20 Å². The maximum Gasteiger partial charge on any atom is 0.326 e. The minimum atomic E-state index is -1.13. The number of H-pyrrole nitrogens is 3. The number of hydrogen-bond donors (Lipinski definition) is 5. The van der Waals surface area contributed by atoms with Gasteiger partial charge in [-0.2, -0.15) is 0 Å². The number of hydrogen-bond acceptors (Lipinski definition) is 5. The first-order valence-corrected chi connectivity index (χ1v) is 5.35. The Kier molecular flexibility index (Phi) is 3.46. The van der Waals surface area contributed by atoms with Crippen molar-refractivity contribution in [1.29, 1.82) is 0 Å². The molecular formula is C10H11N5O4. The smallest absolute Gasteiger partial charge is 0.326 e. The summed E-state index contributed by atoms with van der Waals surface area (Å²) in [7, 11) is 0. The first kappa shape index (κ1) is 12.6. The van der Waals surface area contributed by atoms with Crippen molar-refractivity contribution in [2.75, 3.05) is 5.32 Å². The quantitative estimate of drug-likeness (QED) is 0.464. The Labute approximate surface area is 105 Å². The first-order chi connectivity index (χ1) is 9.06. The molecule has 0 aromatic carbocycles. The highest BCUT2D eigenvalue weighted by atomic mass is 16.4. The third-order valence-electron chi connectivity index (χ3n) is 2.42. The van der Waals surface area contributed by atoms with Gasteiger partial charge in [-0.15, -0.1) is 0 Å². The molecule has 5 N–H and O–H groups in total. The lowest BCUT2D eigenvalue weighted by molar-refractivity contribution is -0.137. The fraction of sp³-hybridized carbons (Fsp3) is 0.200. The van der Waals surface area contributed by atoms with Crippen molar-refractivity contribution < 1.29 is 9.90 Å². The number of aromatic nitrogens is 4. The molecule has 0 aliphatic rings. The van der Waals surface area contributed by atoms with Crippen LogP contribution in [-0.2, 0) is 11.2 Å². The van der Waals surface area contributed by atoms with E-state index >= 15 is 0 Å². The Morgan fingerprint density at radius 1 is 1.42 bits per heavy atom. The molecule has 0 saturated heterocycles. The van der Waals surface area contributed by atoms with Crippen LogP contribution >= 0.6 is 0 Å². The molecule has 0 aliphatic carbocycles. The number of nitrogens with one attached hydrogen (secondary N) is 4. The average molecular weight is 265 g/mol. The standard InChI is InChI=1S/C10H11N5O4/c16-8-7(3-12-10(19)15-8)14-6(9(17)18)1-5-2-11-4-13-5/h2-4,6,14H,1H2,(H,11,13)(H,17,18)(H2,12,15,16,19)/t6-/m0/s1. The van der Waals surface area contributed by atoms with E-state index in [4.69, 9.17) is 5.11 Å². The third kappa shape index (κ3) is 3.09. The molecule has 2 aromatic heterocycles. The van der Waals surface area contributed by atoms with Crippen LogP contribution in [0.15, 0.2) is 28.3 Å². The van der Waals surface area contributed by atoms with E-state index in [2.05, 4.69) is 20.3 Å². The van der Waals surface area contributed by atoms with Crippen LogP contribution in [0.25, 0.3) is 0 Å². The van der Waals surface area contributed by atoms with E-state index in [1.54, 1.807) is 6.20 Å². The van der Waals surface area contributed by atoms with Gasteiger partial charge in [0.15, 0.2) is 0 Å². The van der Waals surface area contributed by atoms with E-state index in [-0.39, 0.29) is 12.1 Å². The normalized spacial score (nSPS) is 12.0. The van der Waals surface area contributed by atoms with Gasteiger partial charge in [-0.05, 0) is 0 Å². The highest BCUT2D eigenvalue weighted by molar-refractivity contribution is 5.77. The summed E-state index contributed by atoms with van der Waals surface area (Å²) in [5.74, 6) is -1.13. The number of nitrogens with zero attached hydrogens (tertiary/aromatic N) is 1. The maximum atomic E-state index is 11.4. The molecular weight excluding hydrogens is 254 g/mol. The van der Waals surface area contributed by atoms with E-state index in [9.17, 15) is 14.4 Å². The predicted octanol–water partition coefficient (Wildman–Crippen LogP) is -1.11. The van der Waals surface area contributed by atoms with Gasteiger partial charge in [0.1, 0.15) is 11.7 Å². The van der Waals surface area contributed by atoms with Gasteiger partial charge in [-0.25, -0.2) is 14.6 Å². The molecule has 2 heterocycles. The van der Waals surface area contributed by atoms with Crippen molar-refractivity contribution >= 4 is 11.7 Å². The molecule has 0 amide bonds. The molecule has 100 valence electrons. The van der Waals surface area contributed by atoms with E-state index in [1.807, 2.05) is 4.98 Å². The molecule has 0 bridgehead atoms. The Bertz CT molecular complexity index is 672. The summed E-state index contributed by atoms with van der Waals surface area (Å²) in [6.07, 6.45) is 4.22. The van der Waals surface area contributed by atoms with Gasteiger partial charge in [0, 0.05) is 18.8 Å². The maximum absolute atomic E-state index is 11.4. The Morgan fingerprint density at radius 3 is 2.79 bits per heavy atom. The van der Waals surface area contributed by atoms with Crippen molar-refractivity contribution in [3.63, 3.8) is 0 Å². The summed E-state index contributed by atoms with van der Waals surface area (Å²) in [5.41, 5.74) is -0.824. The number of carboxylic acid groups (broad SMARTS) is 1. The number of aliphatic carboxylic acids is 1. The molecule has 9 nitrogen and oxygen atoms in total. The Hall–Kier alpha value is -2.84. The Morgan fingerprint density at radius 2 is 2.21 bits per heavy atom. The van der Waals surface area contributed by atoms with Crippen molar-refractivity contribution in [3.8, 4) is 0 Å². The molecule has 9 heteroatoms. The second-order valence-corrected chi connectivity index (χ2v) is 3.79. The Balaban J connectivity index is 2.19. The molecule has 2 aromatic rings. The number of anilines is 1. The average Bonchev–Trinajstić information content (AvgIpc) is 2.84. The number of aromatic amines is 3. The summed E-state index contributed by atoms with van der Waals surface area (Å²) in [5, 5.41) is 11.6. The fourth-order valence-electron chi connectivity index (χ4n) is 1.52. The van der Waals surface area contributed by atoms with Crippen molar-refractivity contribution in [2.24, 2.45) is 0 Å².